The van der Waals surface area contributed by atoms with Gasteiger partial charge >= 0.3 is 0 Å². The van der Waals surface area contributed by atoms with Gasteiger partial charge in [-0.2, -0.15) is 0 Å². The van der Waals surface area contributed by atoms with Crippen LogP contribution in [0.4, 0.5) is 0 Å². The van der Waals surface area contributed by atoms with Crippen molar-refractivity contribution < 1.29 is 0 Å². The molecule has 0 radical (unpaired) electrons. The predicted molar refractivity (Wildman–Crippen MR) is 64.2 cm³/mol. The lowest BCUT2D eigenvalue weighted by atomic mass is 9.97. The highest BCUT2D eigenvalue weighted by atomic mass is 15.0. The van der Waals surface area contributed by atoms with Crippen LogP contribution in [0.2, 0.25) is 0 Å². The van der Waals surface area contributed by atoms with Crippen LogP contribution >= 0.6 is 0 Å². The number of hydrogen-bond donors (Lipinski definition) is 2. The maximum atomic E-state index is 6.11. The minimum absolute atomic E-state index is 0.172. The molecule has 3 heteroatoms. The molecule has 1 aromatic rings. The number of H-pyrrole nitrogens is 1. The third kappa shape index (κ3) is 1.58. The molecule has 1 saturated carbocycles. The van der Waals surface area contributed by atoms with E-state index in [1.165, 1.54) is 37.2 Å². The summed E-state index contributed by atoms with van der Waals surface area (Å²) in [6.07, 6.45) is 7.43. The van der Waals surface area contributed by atoms with Crippen LogP contribution < -0.4 is 5.73 Å². The lowest BCUT2D eigenvalue weighted by Gasteiger charge is -2.15. The highest BCUT2D eigenvalue weighted by molar-refractivity contribution is 5.23. The maximum Gasteiger partial charge on any atom is 0.110 e. The van der Waals surface area contributed by atoms with Crippen molar-refractivity contribution in [3.63, 3.8) is 0 Å². The minimum Gasteiger partial charge on any atom is -0.345 e. The van der Waals surface area contributed by atoms with Gasteiger partial charge in [-0.05, 0) is 38.0 Å². The van der Waals surface area contributed by atoms with Gasteiger partial charge in [0.1, 0.15) is 5.82 Å². The number of nitrogens with zero attached hydrogens (tertiary/aromatic N) is 1. The van der Waals surface area contributed by atoms with Gasteiger partial charge in [0.05, 0.1) is 5.69 Å². The quantitative estimate of drug-likeness (QED) is 0.763. The van der Waals surface area contributed by atoms with E-state index in [0.717, 1.165) is 24.5 Å². The highest BCUT2D eigenvalue weighted by Gasteiger charge is 2.30. The number of hydrogen-bond acceptors (Lipinski definition) is 2. The second-order valence-electron chi connectivity index (χ2n) is 5.50. The SMILES string of the molecule is CC1CCCC1c1nc2c([nH]1)CCCC2N. The summed E-state index contributed by atoms with van der Waals surface area (Å²) in [5.41, 5.74) is 8.58. The van der Waals surface area contributed by atoms with Gasteiger partial charge < -0.3 is 10.7 Å². The summed E-state index contributed by atoms with van der Waals surface area (Å²) >= 11 is 0. The standard InChI is InChI=1S/C13H21N3/c1-8-4-2-5-9(8)13-15-11-7-3-6-10(14)12(11)16-13/h8-10H,2-7,14H2,1H3,(H,15,16). The fourth-order valence-corrected chi connectivity index (χ4v) is 3.30. The van der Waals surface area contributed by atoms with Crippen molar-refractivity contribution >= 4 is 0 Å². The number of fused-ring (bicyclic) bond motifs is 1. The van der Waals surface area contributed by atoms with Gasteiger partial charge in [0.25, 0.3) is 0 Å². The number of aromatic amines is 1. The van der Waals surface area contributed by atoms with Crippen molar-refractivity contribution in [2.45, 2.75) is 57.4 Å². The van der Waals surface area contributed by atoms with Gasteiger partial charge in [-0.25, -0.2) is 4.98 Å². The molecule has 2 aliphatic rings. The zero-order chi connectivity index (χ0) is 11.1. The Morgan fingerprint density at radius 3 is 2.81 bits per heavy atom. The molecule has 0 amide bonds. The molecule has 1 aromatic heterocycles. The molecule has 0 aliphatic heterocycles. The maximum absolute atomic E-state index is 6.11. The molecular formula is C13H21N3. The van der Waals surface area contributed by atoms with E-state index in [-0.39, 0.29) is 6.04 Å². The van der Waals surface area contributed by atoms with E-state index in [1.54, 1.807) is 0 Å². The Hall–Kier alpha value is -0.830. The Bertz CT molecular complexity index is 383. The third-order valence-electron chi connectivity index (χ3n) is 4.33. The molecule has 1 heterocycles. The zero-order valence-corrected chi connectivity index (χ0v) is 10.00. The van der Waals surface area contributed by atoms with E-state index < -0.39 is 0 Å². The second-order valence-corrected chi connectivity index (χ2v) is 5.50. The van der Waals surface area contributed by atoms with Gasteiger partial charge in [0.15, 0.2) is 0 Å². The summed E-state index contributed by atoms with van der Waals surface area (Å²) in [6, 6.07) is 0.172. The molecule has 0 spiro atoms. The first-order chi connectivity index (χ1) is 7.75. The number of rotatable bonds is 1. The summed E-state index contributed by atoms with van der Waals surface area (Å²) in [5.74, 6) is 2.65. The Morgan fingerprint density at radius 1 is 1.25 bits per heavy atom. The Balaban J connectivity index is 1.91. The first kappa shape index (κ1) is 10.3. The van der Waals surface area contributed by atoms with Gasteiger partial charge in [0, 0.05) is 17.7 Å². The molecule has 0 saturated heterocycles. The van der Waals surface area contributed by atoms with Gasteiger partial charge in [-0.3, -0.25) is 0 Å². The highest BCUT2D eigenvalue weighted by Crippen LogP contribution is 2.39. The lowest BCUT2D eigenvalue weighted by molar-refractivity contribution is 0.511. The predicted octanol–water partition coefficient (Wildman–Crippen LogP) is 2.65. The van der Waals surface area contributed by atoms with Crippen molar-refractivity contribution in [2.75, 3.05) is 0 Å². The topological polar surface area (TPSA) is 54.7 Å². The molecular weight excluding hydrogens is 198 g/mol. The first-order valence-electron chi connectivity index (χ1n) is 6.60. The van der Waals surface area contributed by atoms with Gasteiger partial charge in [0.2, 0.25) is 0 Å². The fourth-order valence-electron chi connectivity index (χ4n) is 3.30. The number of imidazole rings is 1. The first-order valence-corrected chi connectivity index (χ1v) is 6.60. The summed E-state index contributed by atoms with van der Waals surface area (Å²) in [7, 11) is 0. The number of nitrogens with one attached hydrogen (secondary N) is 1. The molecule has 0 bridgehead atoms. The Morgan fingerprint density at radius 2 is 2.12 bits per heavy atom. The van der Waals surface area contributed by atoms with Crippen molar-refractivity contribution in [3.05, 3.63) is 17.2 Å². The smallest absolute Gasteiger partial charge is 0.110 e. The molecule has 3 rings (SSSR count). The van der Waals surface area contributed by atoms with Crippen LogP contribution in [0.3, 0.4) is 0 Å². The average molecular weight is 219 g/mol. The van der Waals surface area contributed by atoms with E-state index >= 15 is 0 Å². The summed E-state index contributed by atoms with van der Waals surface area (Å²) in [5, 5.41) is 0. The molecule has 2 aliphatic carbocycles. The van der Waals surface area contributed by atoms with E-state index in [1.807, 2.05) is 0 Å². The van der Waals surface area contributed by atoms with Crippen LogP contribution in [0.1, 0.15) is 68.2 Å². The van der Waals surface area contributed by atoms with E-state index in [4.69, 9.17) is 10.7 Å². The van der Waals surface area contributed by atoms with Crippen LogP contribution in [-0.4, -0.2) is 9.97 Å². The second kappa shape index (κ2) is 3.88. The van der Waals surface area contributed by atoms with E-state index in [0.29, 0.717) is 5.92 Å². The van der Waals surface area contributed by atoms with E-state index in [2.05, 4.69) is 11.9 Å². The summed E-state index contributed by atoms with van der Waals surface area (Å²) in [4.78, 5) is 8.33. The largest absolute Gasteiger partial charge is 0.345 e. The van der Waals surface area contributed by atoms with Crippen molar-refractivity contribution in [1.29, 1.82) is 0 Å². The molecule has 3 unspecified atom stereocenters. The van der Waals surface area contributed by atoms with Gasteiger partial charge in [-0.1, -0.05) is 13.3 Å². The monoisotopic (exact) mass is 219 g/mol. The molecule has 1 fully saturated rings. The lowest BCUT2D eigenvalue weighted by Crippen LogP contribution is -2.17. The molecule has 0 aromatic carbocycles. The number of nitrogens with two attached hydrogens (primary N) is 1. The summed E-state index contributed by atoms with van der Waals surface area (Å²) < 4.78 is 0. The normalized spacial score (nSPS) is 34.0. The number of aromatic nitrogens is 2. The zero-order valence-electron chi connectivity index (χ0n) is 10.00. The molecule has 3 N–H and O–H groups in total. The average Bonchev–Trinajstić information content (AvgIpc) is 2.84. The van der Waals surface area contributed by atoms with Crippen molar-refractivity contribution in [1.82, 2.24) is 9.97 Å². The van der Waals surface area contributed by atoms with Crippen LogP contribution in [0.5, 0.6) is 0 Å². The van der Waals surface area contributed by atoms with Crippen LogP contribution in [0, 0.1) is 5.92 Å². The Labute approximate surface area is 96.8 Å². The number of aryl methyl sites for hydroxylation is 1. The van der Waals surface area contributed by atoms with Crippen LogP contribution in [0.25, 0.3) is 0 Å². The van der Waals surface area contributed by atoms with Crippen molar-refractivity contribution in [2.24, 2.45) is 11.7 Å². The Kier molecular flexibility index (Phi) is 2.51. The molecule has 16 heavy (non-hydrogen) atoms. The molecule has 3 atom stereocenters. The fraction of sp³-hybridized carbons (Fsp3) is 0.769. The molecule has 3 nitrogen and oxygen atoms in total. The van der Waals surface area contributed by atoms with Crippen LogP contribution in [0.15, 0.2) is 0 Å². The molecule has 88 valence electrons. The van der Waals surface area contributed by atoms with Gasteiger partial charge in [-0.15, -0.1) is 0 Å². The minimum atomic E-state index is 0.172. The van der Waals surface area contributed by atoms with Crippen LogP contribution in [-0.2, 0) is 6.42 Å². The van der Waals surface area contributed by atoms with Crippen molar-refractivity contribution in [3.8, 4) is 0 Å². The van der Waals surface area contributed by atoms with E-state index in [9.17, 15) is 0 Å². The third-order valence-corrected chi connectivity index (χ3v) is 4.33. The summed E-state index contributed by atoms with van der Waals surface area (Å²) in [6.45, 7) is 2.35.